The number of rotatable bonds is 4. The van der Waals surface area contributed by atoms with E-state index in [1.54, 1.807) is 24.3 Å². The van der Waals surface area contributed by atoms with Gasteiger partial charge in [0, 0.05) is 12.6 Å². The zero-order valence-electron chi connectivity index (χ0n) is 13.7. The summed E-state index contributed by atoms with van der Waals surface area (Å²) < 4.78 is 39.8. The Hall–Kier alpha value is -3.16. The number of anilines is 1. The molecule has 2 aromatic carbocycles. The normalized spacial score (nSPS) is 11.5. The Morgan fingerprint density at radius 1 is 1.12 bits per heavy atom. The maximum absolute atomic E-state index is 13.3. The number of aromatic nitrogens is 2. The summed E-state index contributed by atoms with van der Waals surface area (Å²) in [6, 6.07) is 13.4. The minimum Gasteiger partial charge on any atom is -0.480 e. The molecule has 0 saturated heterocycles. The van der Waals surface area contributed by atoms with Gasteiger partial charge in [0.15, 0.2) is 5.69 Å². The van der Waals surface area contributed by atoms with Gasteiger partial charge in [-0.3, -0.25) is 4.79 Å². The van der Waals surface area contributed by atoms with Gasteiger partial charge in [0.25, 0.3) is 0 Å². The van der Waals surface area contributed by atoms with Gasteiger partial charge in [0.2, 0.25) is 5.95 Å². The molecule has 1 N–H and O–H groups in total. The summed E-state index contributed by atoms with van der Waals surface area (Å²) in [5, 5.41) is 10.5. The van der Waals surface area contributed by atoms with E-state index in [-0.39, 0.29) is 11.6 Å². The Morgan fingerprint density at radius 3 is 2.50 bits per heavy atom. The van der Waals surface area contributed by atoms with Gasteiger partial charge in [-0.1, -0.05) is 42.5 Å². The van der Waals surface area contributed by atoms with Gasteiger partial charge in [-0.25, -0.2) is 9.97 Å². The highest BCUT2D eigenvalue weighted by molar-refractivity contribution is 5.95. The van der Waals surface area contributed by atoms with Crippen molar-refractivity contribution >= 4 is 22.7 Å². The average Bonchev–Trinajstić information content (AvgIpc) is 2.59. The molecule has 0 atom stereocenters. The number of hydrogen-bond acceptors (Lipinski definition) is 4. The first kappa shape index (κ1) is 17.7. The Balaban J connectivity index is 2.21. The summed E-state index contributed by atoms with van der Waals surface area (Å²) in [4.78, 5) is 19.6. The molecule has 5 nitrogen and oxygen atoms in total. The number of carboxylic acid groups (broad SMARTS) is 1. The van der Waals surface area contributed by atoms with E-state index >= 15 is 0 Å². The van der Waals surface area contributed by atoms with Gasteiger partial charge in [-0.15, -0.1) is 0 Å². The van der Waals surface area contributed by atoms with Crippen molar-refractivity contribution in [1.82, 2.24) is 9.97 Å². The second kappa shape index (κ2) is 6.62. The first-order valence-corrected chi connectivity index (χ1v) is 7.63. The van der Waals surface area contributed by atoms with Gasteiger partial charge < -0.3 is 10.0 Å². The molecule has 0 aliphatic carbocycles. The van der Waals surface area contributed by atoms with Crippen molar-refractivity contribution < 1.29 is 23.1 Å². The number of carboxylic acids is 1. The summed E-state index contributed by atoms with van der Waals surface area (Å²) in [5.41, 5.74) is -0.528. The topological polar surface area (TPSA) is 66.3 Å². The van der Waals surface area contributed by atoms with Crippen LogP contribution in [0.2, 0.25) is 0 Å². The number of halogens is 3. The summed E-state index contributed by atoms with van der Waals surface area (Å²) in [5.74, 6) is -1.50. The standard InChI is InChI=1S/C18H14F3N3O2/c1-24(10-16(25)26)17-22-14(9-15(23-17)18(19,20)21)13-8-4-6-11-5-2-3-7-12(11)13/h2-9H,10H2,1H3,(H,25,26). The highest BCUT2D eigenvalue weighted by Gasteiger charge is 2.34. The lowest BCUT2D eigenvalue weighted by Crippen LogP contribution is -2.28. The molecule has 0 radical (unpaired) electrons. The van der Waals surface area contributed by atoms with Crippen LogP contribution in [0.15, 0.2) is 48.5 Å². The van der Waals surface area contributed by atoms with Crippen LogP contribution in [0.4, 0.5) is 19.1 Å². The number of nitrogens with zero attached hydrogens (tertiary/aromatic N) is 3. The molecule has 26 heavy (non-hydrogen) atoms. The third kappa shape index (κ3) is 3.58. The highest BCUT2D eigenvalue weighted by Crippen LogP contribution is 2.34. The Labute approximate surface area is 146 Å². The van der Waals surface area contributed by atoms with Crippen LogP contribution in [0.1, 0.15) is 5.69 Å². The number of fused-ring (bicyclic) bond motifs is 1. The maximum atomic E-state index is 13.3. The van der Waals surface area contributed by atoms with E-state index in [0.717, 1.165) is 21.7 Å². The van der Waals surface area contributed by atoms with Crippen molar-refractivity contribution in [2.45, 2.75) is 6.18 Å². The molecule has 0 fully saturated rings. The molecule has 1 aromatic heterocycles. The third-order valence-corrected chi connectivity index (χ3v) is 3.78. The van der Waals surface area contributed by atoms with E-state index in [9.17, 15) is 18.0 Å². The minimum atomic E-state index is -4.68. The monoisotopic (exact) mass is 361 g/mol. The number of alkyl halides is 3. The van der Waals surface area contributed by atoms with Crippen molar-refractivity contribution in [1.29, 1.82) is 0 Å². The lowest BCUT2D eigenvalue weighted by Gasteiger charge is -2.18. The third-order valence-electron chi connectivity index (χ3n) is 3.78. The molecule has 0 bridgehead atoms. The number of carbonyl (C=O) groups is 1. The fraction of sp³-hybridized carbons (Fsp3) is 0.167. The van der Waals surface area contributed by atoms with Crippen LogP contribution in [-0.4, -0.2) is 34.6 Å². The molecule has 134 valence electrons. The fourth-order valence-corrected chi connectivity index (χ4v) is 2.61. The zero-order valence-corrected chi connectivity index (χ0v) is 13.7. The highest BCUT2D eigenvalue weighted by atomic mass is 19.4. The lowest BCUT2D eigenvalue weighted by molar-refractivity contribution is -0.141. The molecule has 0 spiro atoms. The van der Waals surface area contributed by atoms with Crippen LogP contribution < -0.4 is 4.90 Å². The van der Waals surface area contributed by atoms with Gasteiger partial charge in [-0.2, -0.15) is 13.2 Å². The van der Waals surface area contributed by atoms with Crippen LogP contribution in [0.25, 0.3) is 22.0 Å². The fourth-order valence-electron chi connectivity index (χ4n) is 2.61. The van der Waals surface area contributed by atoms with Crippen LogP contribution in [0, 0.1) is 0 Å². The molecule has 1 heterocycles. The minimum absolute atomic E-state index is 0.0800. The second-order valence-corrected chi connectivity index (χ2v) is 5.71. The lowest BCUT2D eigenvalue weighted by atomic mass is 10.0. The molecule has 8 heteroatoms. The van der Waals surface area contributed by atoms with Crippen LogP contribution in [-0.2, 0) is 11.0 Å². The van der Waals surface area contributed by atoms with E-state index in [0.29, 0.717) is 5.56 Å². The second-order valence-electron chi connectivity index (χ2n) is 5.71. The summed E-state index contributed by atoms with van der Waals surface area (Å²) in [6.07, 6.45) is -4.68. The number of likely N-dealkylation sites (N-methyl/N-ethyl adjacent to an activating group) is 1. The Bertz CT molecular complexity index is 968. The predicted molar refractivity (Wildman–Crippen MR) is 90.9 cm³/mol. The molecule has 3 rings (SSSR count). The van der Waals surface area contributed by atoms with E-state index in [1.807, 2.05) is 18.2 Å². The number of hydrogen-bond donors (Lipinski definition) is 1. The van der Waals surface area contributed by atoms with Crippen molar-refractivity contribution in [2.75, 3.05) is 18.5 Å². The van der Waals surface area contributed by atoms with Crippen LogP contribution in [0.5, 0.6) is 0 Å². The first-order chi connectivity index (χ1) is 12.3. The van der Waals surface area contributed by atoms with Gasteiger partial charge in [0.05, 0.1) is 5.69 Å². The van der Waals surface area contributed by atoms with Crippen molar-refractivity contribution in [3.05, 3.63) is 54.2 Å². The zero-order chi connectivity index (χ0) is 18.9. The molecule has 3 aromatic rings. The van der Waals surface area contributed by atoms with Gasteiger partial charge >= 0.3 is 12.1 Å². The van der Waals surface area contributed by atoms with Crippen molar-refractivity contribution in [3.63, 3.8) is 0 Å². The van der Waals surface area contributed by atoms with E-state index in [2.05, 4.69) is 9.97 Å². The molecule has 0 saturated carbocycles. The Kier molecular flexibility index (Phi) is 4.50. The summed E-state index contributed by atoms with van der Waals surface area (Å²) in [6.45, 7) is -0.518. The van der Waals surface area contributed by atoms with E-state index in [1.165, 1.54) is 7.05 Å². The maximum Gasteiger partial charge on any atom is 0.433 e. The quantitative estimate of drug-likeness (QED) is 0.765. The van der Waals surface area contributed by atoms with Gasteiger partial charge in [-0.05, 0) is 16.8 Å². The molecular weight excluding hydrogens is 347 g/mol. The molecular formula is C18H14F3N3O2. The SMILES string of the molecule is CN(CC(=O)O)c1nc(-c2cccc3ccccc23)cc(C(F)(F)F)n1. The van der Waals surface area contributed by atoms with E-state index < -0.39 is 24.4 Å². The molecule has 0 amide bonds. The molecule has 0 aliphatic heterocycles. The van der Waals surface area contributed by atoms with Crippen molar-refractivity contribution in [3.8, 4) is 11.3 Å². The average molecular weight is 361 g/mol. The summed E-state index contributed by atoms with van der Waals surface area (Å²) in [7, 11) is 1.33. The molecule has 0 aliphatic rings. The van der Waals surface area contributed by atoms with E-state index in [4.69, 9.17) is 5.11 Å². The predicted octanol–water partition coefficient (Wildman–Crippen LogP) is 3.84. The Morgan fingerprint density at radius 2 is 1.81 bits per heavy atom. The number of benzene rings is 2. The van der Waals surface area contributed by atoms with Crippen molar-refractivity contribution in [2.24, 2.45) is 0 Å². The first-order valence-electron chi connectivity index (χ1n) is 7.63. The van der Waals surface area contributed by atoms with Crippen LogP contribution >= 0.6 is 0 Å². The number of aliphatic carboxylic acids is 1. The molecule has 0 unspecified atom stereocenters. The van der Waals surface area contributed by atoms with Gasteiger partial charge in [0.1, 0.15) is 6.54 Å². The summed E-state index contributed by atoms with van der Waals surface area (Å²) >= 11 is 0. The van der Waals surface area contributed by atoms with Crippen LogP contribution in [0.3, 0.4) is 0 Å². The largest absolute Gasteiger partial charge is 0.480 e. The smallest absolute Gasteiger partial charge is 0.433 e.